The Morgan fingerprint density at radius 1 is 0.938 bits per heavy atom. The molecule has 0 aliphatic heterocycles. The van der Waals surface area contributed by atoms with Crippen molar-refractivity contribution in [1.29, 1.82) is 0 Å². The molecule has 4 rings (SSSR count). The fourth-order valence-electron chi connectivity index (χ4n) is 2.92. The van der Waals surface area contributed by atoms with Gasteiger partial charge >= 0.3 is 6.01 Å². The van der Waals surface area contributed by atoms with E-state index in [0.29, 0.717) is 18.3 Å². The smallest absolute Gasteiger partial charge is 0.345 e. The van der Waals surface area contributed by atoms with Gasteiger partial charge in [0.15, 0.2) is 0 Å². The monoisotopic (exact) mass is 428 g/mol. The van der Waals surface area contributed by atoms with Crippen LogP contribution in [0, 0.1) is 5.92 Å². The molecule has 1 aromatic heterocycles. The van der Waals surface area contributed by atoms with Gasteiger partial charge in [0.25, 0.3) is 0 Å². The third-order valence-electron chi connectivity index (χ3n) is 4.75. The number of carbonyl (C=O) groups is 1. The summed E-state index contributed by atoms with van der Waals surface area (Å²) >= 11 is 0. The van der Waals surface area contributed by atoms with Crippen molar-refractivity contribution in [3.8, 4) is 17.4 Å². The van der Waals surface area contributed by atoms with Gasteiger partial charge in [0.1, 0.15) is 5.75 Å². The molecule has 0 fully saturated rings. The van der Waals surface area contributed by atoms with Gasteiger partial charge in [-0.05, 0) is 64.5 Å². The van der Waals surface area contributed by atoms with Crippen molar-refractivity contribution in [2.24, 2.45) is 5.92 Å². The number of aromatic nitrogens is 4. The van der Waals surface area contributed by atoms with Crippen molar-refractivity contribution in [2.45, 2.75) is 20.4 Å². The van der Waals surface area contributed by atoms with Gasteiger partial charge in [-0.25, -0.2) is 0 Å². The van der Waals surface area contributed by atoms with Gasteiger partial charge in [-0.3, -0.25) is 4.79 Å². The first-order valence-electron chi connectivity index (χ1n) is 10.3. The Hall–Kier alpha value is -4.20. The van der Waals surface area contributed by atoms with Gasteiger partial charge < -0.3 is 15.4 Å². The lowest BCUT2D eigenvalue weighted by Gasteiger charge is -2.10. The summed E-state index contributed by atoms with van der Waals surface area (Å²) in [6, 6.07) is 25.2. The summed E-state index contributed by atoms with van der Waals surface area (Å²) in [6.45, 7) is 4.39. The van der Waals surface area contributed by atoms with E-state index in [4.69, 9.17) is 4.74 Å². The molecule has 0 aliphatic rings. The van der Waals surface area contributed by atoms with E-state index in [1.165, 1.54) is 0 Å². The Morgan fingerprint density at radius 3 is 2.31 bits per heavy atom. The van der Waals surface area contributed by atoms with Crippen LogP contribution < -0.4 is 15.4 Å². The summed E-state index contributed by atoms with van der Waals surface area (Å²) in [7, 11) is 0. The summed E-state index contributed by atoms with van der Waals surface area (Å²) in [5.74, 6) is 0.600. The Morgan fingerprint density at radius 2 is 1.62 bits per heavy atom. The van der Waals surface area contributed by atoms with E-state index in [2.05, 4.69) is 26.2 Å². The second kappa shape index (κ2) is 9.74. The van der Waals surface area contributed by atoms with Crippen molar-refractivity contribution in [2.75, 3.05) is 10.6 Å². The lowest BCUT2D eigenvalue weighted by atomic mass is 10.2. The van der Waals surface area contributed by atoms with E-state index in [0.717, 1.165) is 22.6 Å². The lowest BCUT2D eigenvalue weighted by Crippen LogP contribution is -2.17. The molecule has 1 heterocycles. The molecule has 0 unspecified atom stereocenters. The van der Waals surface area contributed by atoms with Crippen LogP contribution in [0.1, 0.15) is 19.4 Å². The van der Waals surface area contributed by atoms with E-state index in [-0.39, 0.29) is 11.8 Å². The van der Waals surface area contributed by atoms with Gasteiger partial charge in [-0.1, -0.05) is 49.3 Å². The molecule has 0 bridgehead atoms. The number of ether oxygens (including phenoxy) is 1. The first kappa shape index (κ1) is 21.0. The molecule has 8 nitrogen and oxygen atoms in total. The molecular weight excluding hydrogens is 404 g/mol. The predicted molar refractivity (Wildman–Crippen MR) is 123 cm³/mol. The van der Waals surface area contributed by atoms with Gasteiger partial charge in [0, 0.05) is 23.8 Å². The molecular formula is C24H24N6O2. The molecule has 162 valence electrons. The third kappa shape index (κ3) is 5.28. The SMILES string of the molecule is CC(C)C(=O)Nc1ccc(NCc2ccc(Oc3nnnn3-c3ccccc3)cc2)cc1. The average molecular weight is 428 g/mol. The van der Waals surface area contributed by atoms with Crippen molar-refractivity contribution in [3.63, 3.8) is 0 Å². The molecule has 4 aromatic rings. The quantitative estimate of drug-likeness (QED) is 0.424. The molecule has 0 spiro atoms. The van der Waals surface area contributed by atoms with Crippen LogP contribution in [0.15, 0.2) is 78.9 Å². The minimum absolute atomic E-state index is 0.00539. The fraction of sp³-hybridized carbons (Fsp3) is 0.167. The maximum Gasteiger partial charge on any atom is 0.345 e. The topological polar surface area (TPSA) is 94.0 Å². The summed E-state index contributed by atoms with van der Waals surface area (Å²) < 4.78 is 7.40. The fourth-order valence-corrected chi connectivity index (χ4v) is 2.92. The number of benzene rings is 3. The second-order valence-corrected chi connectivity index (χ2v) is 7.53. The van der Waals surface area contributed by atoms with Crippen molar-refractivity contribution in [3.05, 3.63) is 84.4 Å². The first-order valence-corrected chi connectivity index (χ1v) is 10.3. The number of anilines is 2. The molecule has 0 saturated carbocycles. The Balaban J connectivity index is 1.33. The highest BCUT2D eigenvalue weighted by Crippen LogP contribution is 2.22. The van der Waals surface area contributed by atoms with Crippen molar-refractivity contribution < 1.29 is 9.53 Å². The highest BCUT2D eigenvalue weighted by atomic mass is 16.5. The molecule has 2 N–H and O–H groups in total. The van der Waals surface area contributed by atoms with E-state index in [1.807, 2.05) is 92.7 Å². The number of hydrogen-bond donors (Lipinski definition) is 2. The van der Waals surface area contributed by atoms with Gasteiger partial charge in [-0.15, -0.1) is 0 Å². The number of carbonyl (C=O) groups excluding carboxylic acids is 1. The van der Waals surface area contributed by atoms with Crippen LogP contribution in [0.3, 0.4) is 0 Å². The first-order chi connectivity index (χ1) is 15.6. The average Bonchev–Trinajstić information content (AvgIpc) is 3.28. The normalized spacial score (nSPS) is 10.7. The summed E-state index contributed by atoms with van der Waals surface area (Å²) in [4.78, 5) is 11.8. The minimum atomic E-state index is -0.0503. The number of rotatable bonds is 8. The highest BCUT2D eigenvalue weighted by Gasteiger charge is 2.10. The van der Waals surface area contributed by atoms with Crippen LogP contribution in [-0.4, -0.2) is 26.1 Å². The molecule has 0 radical (unpaired) electrons. The van der Waals surface area contributed by atoms with Crippen LogP contribution in [0.5, 0.6) is 11.8 Å². The summed E-state index contributed by atoms with van der Waals surface area (Å²) in [6.07, 6.45) is 0. The molecule has 0 atom stereocenters. The second-order valence-electron chi connectivity index (χ2n) is 7.53. The number of tetrazole rings is 1. The third-order valence-corrected chi connectivity index (χ3v) is 4.75. The Bertz CT molecular complexity index is 1160. The summed E-state index contributed by atoms with van der Waals surface area (Å²) in [5.41, 5.74) is 3.67. The highest BCUT2D eigenvalue weighted by molar-refractivity contribution is 5.92. The molecule has 0 aliphatic carbocycles. The zero-order chi connectivity index (χ0) is 22.3. The van der Waals surface area contributed by atoms with E-state index >= 15 is 0 Å². The van der Waals surface area contributed by atoms with Crippen LogP contribution in [0.2, 0.25) is 0 Å². The largest absolute Gasteiger partial charge is 0.423 e. The molecule has 8 heteroatoms. The number of hydrogen-bond acceptors (Lipinski definition) is 6. The van der Waals surface area contributed by atoms with Gasteiger partial charge in [0.2, 0.25) is 5.91 Å². The number of nitrogens with one attached hydrogen (secondary N) is 2. The minimum Gasteiger partial charge on any atom is -0.423 e. The Labute approximate surface area is 186 Å². The number of para-hydroxylation sites is 1. The maximum absolute atomic E-state index is 11.8. The van der Waals surface area contributed by atoms with E-state index < -0.39 is 0 Å². The zero-order valence-electron chi connectivity index (χ0n) is 17.9. The number of amides is 1. The van der Waals surface area contributed by atoms with E-state index in [1.54, 1.807) is 4.68 Å². The van der Waals surface area contributed by atoms with Gasteiger partial charge in [0.05, 0.1) is 5.69 Å². The van der Waals surface area contributed by atoms with Crippen LogP contribution in [0.25, 0.3) is 5.69 Å². The van der Waals surface area contributed by atoms with Crippen LogP contribution in [0.4, 0.5) is 11.4 Å². The molecule has 1 amide bonds. The standard InChI is InChI=1S/C24H24N6O2/c1-17(2)23(31)26-20-12-10-19(11-13-20)25-16-18-8-14-22(15-9-18)32-24-27-28-29-30(24)21-6-4-3-5-7-21/h3-15,17,25H,16H2,1-2H3,(H,26,31). The molecule has 0 saturated heterocycles. The van der Waals surface area contributed by atoms with E-state index in [9.17, 15) is 4.79 Å². The van der Waals surface area contributed by atoms with Gasteiger partial charge in [-0.2, -0.15) is 4.68 Å². The maximum atomic E-state index is 11.8. The molecule has 3 aromatic carbocycles. The van der Waals surface area contributed by atoms with Crippen molar-refractivity contribution >= 4 is 17.3 Å². The summed E-state index contributed by atoms with van der Waals surface area (Å²) in [5, 5.41) is 17.9. The predicted octanol–water partition coefficient (Wildman–Crippen LogP) is 4.66. The Kier molecular flexibility index (Phi) is 6.41. The van der Waals surface area contributed by atoms with Crippen LogP contribution in [-0.2, 0) is 11.3 Å². The lowest BCUT2D eigenvalue weighted by molar-refractivity contribution is -0.118. The number of nitrogens with zero attached hydrogens (tertiary/aromatic N) is 4. The molecule has 32 heavy (non-hydrogen) atoms. The van der Waals surface area contributed by atoms with Crippen LogP contribution >= 0.6 is 0 Å². The zero-order valence-corrected chi connectivity index (χ0v) is 17.9. The van der Waals surface area contributed by atoms with Crippen molar-refractivity contribution in [1.82, 2.24) is 20.2 Å².